The van der Waals surface area contributed by atoms with E-state index in [1.807, 2.05) is 37.3 Å². The molecule has 0 aliphatic heterocycles. The highest BCUT2D eigenvalue weighted by Gasteiger charge is 2.12. The van der Waals surface area contributed by atoms with Crippen molar-refractivity contribution in [2.45, 2.75) is 13.5 Å². The normalized spacial score (nSPS) is 10.3. The van der Waals surface area contributed by atoms with Crippen LogP contribution in [0.25, 0.3) is 0 Å². The highest BCUT2D eigenvalue weighted by atomic mass is 35.5. The van der Waals surface area contributed by atoms with Crippen molar-refractivity contribution in [3.8, 4) is 0 Å². The number of rotatable bonds is 3. The van der Waals surface area contributed by atoms with Crippen LogP contribution in [0.1, 0.15) is 21.5 Å². The van der Waals surface area contributed by atoms with Crippen molar-refractivity contribution in [1.82, 2.24) is 4.90 Å². The number of nitrogens with zero attached hydrogens (tertiary/aromatic N) is 1. The molecule has 0 aromatic heterocycles. The summed E-state index contributed by atoms with van der Waals surface area (Å²) in [4.78, 5) is 14.0. The lowest BCUT2D eigenvalue weighted by molar-refractivity contribution is 0.0785. The average Bonchev–Trinajstić information content (AvgIpc) is 2.43. The molecule has 104 valence electrons. The zero-order valence-corrected chi connectivity index (χ0v) is 12.3. The first-order valence-electron chi connectivity index (χ1n) is 6.33. The Morgan fingerprint density at radius 2 is 1.85 bits per heavy atom. The maximum absolute atomic E-state index is 12.3. The third kappa shape index (κ3) is 3.31. The zero-order chi connectivity index (χ0) is 14.7. The maximum atomic E-state index is 12.3. The SMILES string of the molecule is Cc1cc(C(=O)N(C)Cc2ccc(N)cc2)ccc1Cl. The number of aryl methyl sites for hydroxylation is 1. The van der Waals surface area contributed by atoms with Crippen LogP contribution < -0.4 is 5.73 Å². The van der Waals surface area contributed by atoms with Gasteiger partial charge in [0.2, 0.25) is 0 Å². The molecule has 0 heterocycles. The van der Waals surface area contributed by atoms with E-state index in [9.17, 15) is 4.79 Å². The summed E-state index contributed by atoms with van der Waals surface area (Å²) < 4.78 is 0. The monoisotopic (exact) mass is 288 g/mol. The van der Waals surface area contributed by atoms with Crippen LogP contribution in [-0.4, -0.2) is 17.9 Å². The van der Waals surface area contributed by atoms with Crippen LogP contribution in [0, 0.1) is 6.92 Å². The number of hydrogen-bond acceptors (Lipinski definition) is 2. The summed E-state index contributed by atoms with van der Waals surface area (Å²) in [6, 6.07) is 12.8. The fourth-order valence-electron chi connectivity index (χ4n) is 1.97. The zero-order valence-electron chi connectivity index (χ0n) is 11.6. The summed E-state index contributed by atoms with van der Waals surface area (Å²) in [5.74, 6) is -0.0263. The lowest BCUT2D eigenvalue weighted by Gasteiger charge is -2.18. The molecule has 3 nitrogen and oxygen atoms in total. The molecular weight excluding hydrogens is 272 g/mol. The molecule has 0 aliphatic rings. The Labute approximate surface area is 124 Å². The Morgan fingerprint density at radius 3 is 2.45 bits per heavy atom. The summed E-state index contributed by atoms with van der Waals surface area (Å²) in [5.41, 5.74) is 8.95. The maximum Gasteiger partial charge on any atom is 0.253 e. The van der Waals surface area contributed by atoms with Crippen LogP contribution in [0.15, 0.2) is 42.5 Å². The Balaban J connectivity index is 2.11. The van der Waals surface area contributed by atoms with Gasteiger partial charge in [-0.25, -0.2) is 0 Å². The van der Waals surface area contributed by atoms with E-state index in [2.05, 4.69) is 0 Å². The minimum absolute atomic E-state index is 0.0263. The highest BCUT2D eigenvalue weighted by molar-refractivity contribution is 6.31. The van der Waals surface area contributed by atoms with Crippen molar-refractivity contribution < 1.29 is 4.79 Å². The first-order chi connectivity index (χ1) is 9.47. The Bertz CT molecular complexity index is 623. The van der Waals surface area contributed by atoms with Crippen molar-refractivity contribution >= 4 is 23.2 Å². The predicted octanol–water partition coefficient (Wildman–Crippen LogP) is 3.50. The molecule has 0 atom stereocenters. The quantitative estimate of drug-likeness (QED) is 0.879. The second-order valence-electron chi connectivity index (χ2n) is 4.87. The van der Waals surface area contributed by atoms with Crippen LogP contribution in [0.3, 0.4) is 0 Å². The van der Waals surface area contributed by atoms with Crippen LogP contribution in [0.5, 0.6) is 0 Å². The molecular formula is C16H17ClN2O. The molecule has 0 spiro atoms. The van der Waals surface area contributed by atoms with Gasteiger partial charge in [-0.15, -0.1) is 0 Å². The molecule has 0 fully saturated rings. The van der Waals surface area contributed by atoms with Gasteiger partial charge in [-0.05, 0) is 48.4 Å². The van der Waals surface area contributed by atoms with Crippen molar-refractivity contribution in [3.05, 3.63) is 64.2 Å². The molecule has 4 heteroatoms. The molecule has 2 aromatic rings. The van der Waals surface area contributed by atoms with E-state index in [-0.39, 0.29) is 5.91 Å². The van der Waals surface area contributed by atoms with Crippen LogP contribution in [0.4, 0.5) is 5.69 Å². The number of carbonyl (C=O) groups excluding carboxylic acids is 1. The van der Waals surface area contributed by atoms with Gasteiger partial charge in [-0.2, -0.15) is 0 Å². The number of nitrogens with two attached hydrogens (primary N) is 1. The van der Waals surface area contributed by atoms with E-state index in [4.69, 9.17) is 17.3 Å². The molecule has 0 aliphatic carbocycles. The van der Waals surface area contributed by atoms with E-state index in [0.29, 0.717) is 17.1 Å². The molecule has 0 unspecified atom stereocenters. The van der Waals surface area contributed by atoms with Crippen molar-refractivity contribution in [3.63, 3.8) is 0 Å². The van der Waals surface area contributed by atoms with E-state index in [1.54, 1.807) is 24.1 Å². The second kappa shape index (κ2) is 5.97. The van der Waals surface area contributed by atoms with Gasteiger partial charge < -0.3 is 10.6 Å². The van der Waals surface area contributed by atoms with Crippen LogP contribution >= 0.6 is 11.6 Å². The van der Waals surface area contributed by atoms with E-state index in [1.165, 1.54) is 0 Å². The number of benzene rings is 2. The fraction of sp³-hybridized carbons (Fsp3) is 0.188. The number of amides is 1. The average molecular weight is 289 g/mol. The molecule has 0 saturated heterocycles. The van der Waals surface area contributed by atoms with Gasteiger partial charge in [0, 0.05) is 29.9 Å². The van der Waals surface area contributed by atoms with Crippen molar-refractivity contribution in [2.24, 2.45) is 0 Å². The molecule has 2 rings (SSSR count). The van der Waals surface area contributed by atoms with Gasteiger partial charge in [0.05, 0.1) is 0 Å². The fourth-order valence-corrected chi connectivity index (χ4v) is 2.08. The Kier molecular flexibility index (Phi) is 4.30. The van der Waals surface area contributed by atoms with Crippen molar-refractivity contribution in [1.29, 1.82) is 0 Å². The second-order valence-corrected chi connectivity index (χ2v) is 5.27. The first-order valence-corrected chi connectivity index (χ1v) is 6.71. The molecule has 20 heavy (non-hydrogen) atoms. The van der Waals surface area contributed by atoms with Gasteiger partial charge in [0.15, 0.2) is 0 Å². The predicted molar refractivity (Wildman–Crippen MR) is 82.8 cm³/mol. The van der Waals surface area contributed by atoms with E-state index < -0.39 is 0 Å². The number of halogens is 1. The molecule has 0 radical (unpaired) electrons. The van der Waals surface area contributed by atoms with Crippen LogP contribution in [0.2, 0.25) is 5.02 Å². The summed E-state index contributed by atoms with van der Waals surface area (Å²) in [5, 5.41) is 0.669. The van der Waals surface area contributed by atoms with Gasteiger partial charge in [0.25, 0.3) is 5.91 Å². The Hall–Kier alpha value is -2.00. The topological polar surface area (TPSA) is 46.3 Å². The van der Waals surface area contributed by atoms with Gasteiger partial charge in [-0.1, -0.05) is 23.7 Å². The third-order valence-corrected chi connectivity index (χ3v) is 3.58. The largest absolute Gasteiger partial charge is 0.399 e. The van der Waals surface area contributed by atoms with E-state index in [0.717, 1.165) is 16.8 Å². The highest BCUT2D eigenvalue weighted by Crippen LogP contribution is 2.18. The van der Waals surface area contributed by atoms with Gasteiger partial charge in [-0.3, -0.25) is 4.79 Å². The summed E-state index contributed by atoms with van der Waals surface area (Å²) in [7, 11) is 1.78. The van der Waals surface area contributed by atoms with E-state index >= 15 is 0 Å². The minimum Gasteiger partial charge on any atom is -0.399 e. The summed E-state index contributed by atoms with van der Waals surface area (Å²) >= 11 is 5.97. The number of hydrogen-bond donors (Lipinski definition) is 1. The first kappa shape index (κ1) is 14.4. The van der Waals surface area contributed by atoms with Gasteiger partial charge in [0.1, 0.15) is 0 Å². The summed E-state index contributed by atoms with van der Waals surface area (Å²) in [6.07, 6.45) is 0. The standard InChI is InChI=1S/C16H17ClN2O/c1-11-9-13(5-8-15(11)17)16(20)19(2)10-12-3-6-14(18)7-4-12/h3-9H,10,18H2,1-2H3. The molecule has 1 amide bonds. The third-order valence-electron chi connectivity index (χ3n) is 3.15. The number of carbonyl (C=O) groups is 1. The lowest BCUT2D eigenvalue weighted by Crippen LogP contribution is -2.26. The molecule has 0 bridgehead atoms. The lowest BCUT2D eigenvalue weighted by atomic mass is 10.1. The molecule has 2 N–H and O–H groups in total. The number of anilines is 1. The minimum atomic E-state index is -0.0263. The molecule has 0 saturated carbocycles. The van der Waals surface area contributed by atoms with Gasteiger partial charge >= 0.3 is 0 Å². The smallest absolute Gasteiger partial charge is 0.253 e. The molecule has 2 aromatic carbocycles. The Morgan fingerprint density at radius 1 is 1.20 bits per heavy atom. The van der Waals surface area contributed by atoms with Crippen molar-refractivity contribution in [2.75, 3.05) is 12.8 Å². The summed E-state index contributed by atoms with van der Waals surface area (Å²) in [6.45, 7) is 2.43. The number of nitrogen functional groups attached to an aromatic ring is 1. The van der Waals surface area contributed by atoms with Crippen LogP contribution in [-0.2, 0) is 6.54 Å².